The van der Waals surface area contributed by atoms with Crippen LogP contribution in [-0.2, 0) is 6.42 Å². The van der Waals surface area contributed by atoms with E-state index in [0.717, 1.165) is 0 Å². The molecule has 0 aliphatic carbocycles. The van der Waals surface area contributed by atoms with Gasteiger partial charge >= 0.3 is 0 Å². The zero-order valence-corrected chi connectivity index (χ0v) is 10.7. The van der Waals surface area contributed by atoms with Gasteiger partial charge in [0.05, 0.1) is 4.83 Å². The molecule has 0 spiro atoms. The Hall–Kier alpha value is -0.770. The predicted octanol–water partition coefficient (Wildman–Crippen LogP) is 4.15. The topological polar surface area (TPSA) is 17.1 Å². The van der Waals surface area contributed by atoms with E-state index in [4.69, 9.17) is 0 Å². The van der Waals surface area contributed by atoms with E-state index in [2.05, 4.69) is 15.9 Å². The molecule has 0 bridgehead atoms. The smallest absolute Gasteiger partial charge is 0.264 e. The Bertz CT molecular complexity index is 389. The molecule has 88 valence electrons. The van der Waals surface area contributed by atoms with Crippen molar-refractivity contribution in [2.45, 2.75) is 31.5 Å². The van der Waals surface area contributed by atoms with Crippen molar-refractivity contribution in [3.8, 4) is 0 Å². The standard InChI is InChI=1S/C12H13BrF2O/c1-3-8-6-9(11(16)7(2)13)4-5-10(8)12(14)15/h4-7,12H,3H2,1-2H3. The van der Waals surface area contributed by atoms with Crippen LogP contribution in [0.4, 0.5) is 8.78 Å². The number of Topliss-reactive ketones (excluding diaryl/α,β-unsaturated/α-hetero) is 1. The van der Waals surface area contributed by atoms with Crippen molar-refractivity contribution in [1.82, 2.24) is 0 Å². The minimum absolute atomic E-state index is 0.0151. The summed E-state index contributed by atoms with van der Waals surface area (Å²) in [7, 11) is 0. The summed E-state index contributed by atoms with van der Waals surface area (Å²) in [5.74, 6) is -0.0875. The molecule has 4 heteroatoms. The summed E-state index contributed by atoms with van der Waals surface area (Å²) in [6.45, 7) is 3.52. The minimum Gasteiger partial charge on any atom is -0.293 e. The van der Waals surface area contributed by atoms with Gasteiger partial charge in [-0.05, 0) is 25.0 Å². The Labute approximate surface area is 102 Å². The molecule has 0 N–H and O–H groups in total. The molecule has 0 heterocycles. The molecule has 0 fully saturated rings. The zero-order valence-electron chi connectivity index (χ0n) is 9.14. The summed E-state index contributed by atoms with van der Waals surface area (Å²) < 4.78 is 25.2. The number of benzene rings is 1. The first-order valence-electron chi connectivity index (χ1n) is 5.06. The van der Waals surface area contributed by atoms with Crippen LogP contribution in [0.3, 0.4) is 0 Å². The minimum atomic E-state index is -2.49. The van der Waals surface area contributed by atoms with E-state index in [-0.39, 0.29) is 16.2 Å². The molecule has 0 saturated carbocycles. The van der Waals surface area contributed by atoms with Crippen molar-refractivity contribution in [1.29, 1.82) is 0 Å². The summed E-state index contributed by atoms with van der Waals surface area (Å²) in [6.07, 6.45) is -1.99. The molecule has 1 unspecified atom stereocenters. The maximum absolute atomic E-state index is 12.6. The third-order valence-corrected chi connectivity index (χ3v) is 2.82. The van der Waals surface area contributed by atoms with Crippen LogP contribution in [0.5, 0.6) is 0 Å². The van der Waals surface area contributed by atoms with E-state index in [1.807, 2.05) is 0 Å². The third-order valence-electron chi connectivity index (χ3n) is 2.40. The molecular weight excluding hydrogens is 278 g/mol. The van der Waals surface area contributed by atoms with E-state index < -0.39 is 6.43 Å². The molecule has 16 heavy (non-hydrogen) atoms. The highest BCUT2D eigenvalue weighted by atomic mass is 79.9. The van der Waals surface area contributed by atoms with Crippen LogP contribution in [0.2, 0.25) is 0 Å². The number of halogens is 3. The molecule has 0 radical (unpaired) electrons. The summed E-state index contributed by atoms with van der Waals surface area (Å²) in [4.78, 5) is 11.4. The lowest BCUT2D eigenvalue weighted by molar-refractivity contribution is 0.0995. The average Bonchev–Trinajstić information content (AvgIpc) is 2.26. The first-order chi connectivity index (χ1) is 7.47. The van der Waals surface area contributed by atoms with Gasteiger partial charge in [-0.25, -0.2) is 8.78 Å². The van der Waals surface area contributed by atoms with Crippen LogP contribution in [-0.4, -0.2) is 10.6 Å². The van der Waals surface area contributed by atoms with E-state index in [9.17, 15) is 13.6 Å². The highest BCUT2D eigenvalue weighted by molar-refractivity contribution is 9.10. The van der Waals surface area contributed by atoms with E-state index >= 15 is 0 Å². The van der Waals surface area contributed by atoms with Gasteiger partial charge in [0.1, 0.15) is 0 Å². The number of hydrogen-bond acceptors (Lipinski definition) is 1. The summed E-state index contributed by atoms with van der Waals surface area (Å²) in [5, 5.41) is 0. The molecule has 1 aromatic rings. The Kier molecular flexibility index (Phi) is 4.59. The quantitative estimate of drug-likeness (QED) is 0.601. The molecule has 0 aliphatic heterocycles. The van der Waals surface area contributed by atoms with Gasteiger partial charge in [-0.3, -0.25) is 4.79 Å². The van der Waals surface area contributed by atoms with Crippen molar-refractivity contribution < 1.29 is 13.6 Å². The van der Waals surface area contributed by atoms with Crippen LogP contribution in [0.15, 0.2) is 18.2 Å². The Morgan fingerprint density at radius 1 is 1.44 bits per heavy atom. The number of carbonyl (C=O) groups excluding carboxylic acids is 1. The van der Waals surface area contributed by atoms with Gasteiger partial charge in [-0.1, -0.05) is 35.0 Å². The number of carbonyl (C=O) groups is 1. The lowest BCUT2D eigenvalue weighted by Gasteiger charge is -2.10. The highest BCUT2D eigenvalue weighted by Crippen LogP contribution is 2.25. The fraction of sp³-hybridized carbons (Fsp3) is 0.417. The monoisotopic (exact) mass is 290 g/mol. The number of alkyl halides is 3. The van der Waals surface area contributed by atoms with Crippen LogP contribution in [0.25, 0.3) is 0 Å². The van der Waals surface area contributed by atoms with Gasteiger partial charge in [0.15, 0.2) is 5.78 Å². The van der Waals surface area contributed by atoms with Gasteiger partial charge in [-0.2, -0.15) is 0 Å². The summed E-state index contributed by atoms with van der Waals surface area (Å²) in [6, 6.07) is 4.36. The SMILES string of the molecule is CCc1cc(C(=O)C(C)Br)ccc1C(F)F. The van der Waals surface area contributed by atoms with E-state index in [0.29, 0.717) is 17.5 Å². The lowest BCUT2D eigenvalue weighted by atomic mass is 9.99. The molecular formula is C12H13BrF2O. The second-order valence-electron chi connectivity index (χ2n) is 3.55. The zero-order chi connectivity index (χ0) is 12.3. The summed E-state index contributed by atoms with van der Waals surface area (Å²) >= 11 is 3.17. The Balaban J connectivity index is 3.14. The second kappa shape index (κ2) is 5.53. The van der Waals surface area contributed by atoms with Gasteiger partial charge in [0, 0.05) is 11.1 Å². The van der Waals surface area contributed by atoms with Crippen molar-refractivity contribution in [3.63, 3.8) is 0 Å². The van der Waals surface area contributed by atoms with Crippen molar-refractivity contribution >= 4 is 21.7 Å². The first kappa shape index (κ1) is 13.3. The van der Waals surface area contributed by atoms with Gasteiger partial charge < -0.3 is 0 Å². The molecule has 0 saturated heterocycles. The van der Waals surface area contributed by atoms with Gasteiger partial charge in [0.25, 0.3) is 6.43 Å². The largest absolute Gasteiger partial charge is 0.293 e. The van der Waals surface area contributed by atoms with E-state index in [1.54, 1.807) is 19.9 Å². The fourth-order valence-corrected chi connectivity index (χ4v) is 1.77. The number of hydrogen-bond donors (Lipinski definition) is 0. The summed E-state index contributed by atoms with van der Waals surface area (Å²) in [5.41, 5.74) is 1.03. The lowest BCUT2D eigenvalue weighted by Crippen LogP contribution is -2.10. The van der Waals surface area contributed by atoms with Crippen LogP contribution < -0.4 is 0 Å². The van der Waals surface area contributed by atoms with Crippen molar-refractivity contribution in [2.75, 3.05) is 0 Å². The van der Waals surface area contributed by atoms with Crippen LogP contribution >= 0.6 is 15.9 Å². The maximum Gasteiger partial charge on any atom is 0.264 e. The van der Waals surface area contributed by atoms with Gasteiger partial charge in [0.2, 0.25) is 0 Å². The Morgan fingerprint density at radius 2 is 2.06 bits per heavy atom. The Morgan fingerprint density at radius 3 is 2.50 bits per heavy atom. The molecule has 1 aromatic carbocycles. The van der Waals surface area contributed by atoms with E-state index in [1.165, 1.54) is 12.1 Å². The highest BCUT2D eigenvalue weighted by Gasteiger charge is 2.16. The third kappa shape index (κ3) is 2.88. The fourth-order valence-electron chi connectivity index (χ4n) is 1.51. The molecule has 0 aliphatic rings. The number of ketones is 1. The molecule has 0 aromatic heterocycles. The van der Waals surface area contributed by atoms with Crippen LogP contribution in [0, 0.1) is 0 Å². The second-order valence-corrected chi connectivity index (χ2v) is 4.92. The first-order valence-corrected chi connectivity index (χ1v) is 5.98. The average molecular weight is 291 g/mol. The normalized spacial score (nSPS) is 12.9. The number of rotatable bonds is 4. The molecule has 0 amide bonds. The van der Waals surface area contributed by atoms with Crippen LogP contribution in [0.1, 0.15) is 41.8 Å². The molecule has 1 rings (SSSR count). The molecule has 1 atom stereocenters. The predicted molar refractivity (Wildman–Crippen MR) is 63.5 cm³/mol. The van der Waals surface area contributed by atoms with Gasteiger partial charge in [-0.15, -0.1) is 0 Å². The van der Waals surface area contributed by atoms with Crippen molar-refractivity contribution in [3.05, 3.63) is 34.9 Å². The van der Waals surface area contributed by atoms with Crippen molar-refractivity contribution in [2.24, 2.45) is 0 Å². The number of aryl methyl sites for hydroxylation is 1. The molecule has 1 nitrogen and oxygen atoms in total. The maximum atomic E-state index is 12.6.